The standard InChI is InChI=1S/C14H20N2O2/c1-9-7-10(2)13(11(3)8-9)16-14(17)15-12-5-4-6-18-12/h7-8,12H,4-6H2,1-3H3,(H2,15,16,17). The quantitative estimate of drug-likeness (QED) is 0.845. The zero-order chi connectivity index (χ0) is 13.1. The first-order chi connectivity index (χ1) is 8.56. The number of benzene rings is 1. The summed E-state index contributed by atoms with van der Waals surface area (Å²) >= 11 is 0. The van der Waals surface area contributed by atoms with Gasteiger partial charge in [0.15, 0.2) is 0 Å². The predicted molar refractivity (Wildman–Crippen MR) is 71.8 cm³/mol. The van der Waals surface area contributed by atoms with Gasteiger partial charge in [-0.2, -0.15) is 0 Å². The third kappa shape index (κ3) is 3.01. The molecule has 4 nitrogen and oxygen atoms in total. The molecule has 1 atom stereocenters. The van der Waals surface area contributed by atoms with Gasteiger partial charge in [-0.15, -0.1) is 0 Å². The Morgan fingerprint density at radius 2 is 1.94 bits per heavy atom. The molecule has 1 unspecified atom stereocenters. The number of anilines is 1. The van der Waals surface area contributed by atoms with Crippen LogP contribution in [0.3, 0.4) is 0 Å². The summed E-state index contributed by atoms with van der Waals surface area (Å²) in [7, 11) is 0. The molecule has 1 heterocycles. The second kappa shape index (κ2) is 5.40. The number of aryl methyl sites for hydroxylation is 3. The Morgan fingerprint density at radius 1 is 1.28 bits per heavy atom. The summed E-state index contributed by atoms with van der Waals surface area (Å²) in [5.74, 6) is 0. The normalized spacial score (nSPS) is 18.7. The summed E-state index contributed by atoms with van der Waals surface area (Å²) in [5.41, 5.74) is 4.25. The molecule has 1 aromatic rings. The van der Waals surface area contributed by atoms with E-state index in [0.717, 1.165) is 36.3 Å². The third-order valence-corrected chi connectivity index (χ3v) is 3.14. The maximum absolute atomic E-state index is 11.9. The number of nitrogens with one attached hydrogen (secondary N) is 2. The van der Waals surface area contributed by atoms with Gasteiger partial charge in [0, 0.05) is 12.3 Å². The van der Waals surface area contributed by atoms with Crippen molar-refractivity contribution in [2.45, 2.75) is 39.8 Å². The van der Waals surface area contributed by atoms with Crippen LogP contribution in [-0.4, -0.2) is 18.9 Å². The van der Waals surface area contributed by atoms with E-state index in [9.17, 15) is 4.79 Å². The minimum atomic E-state index is -0.197. The van der Waals surface area contributed by atoms with Crippen LogP contribution < -0.4 is 10.6 Å². The van der Waals surface area contributed by atoms with Gasteiger partial charge in [0.2, 0.25) is 0 Å². The Labute approximate surface area is 108 Å². The second-order valence-corrected chi connectivity index (χ2v) is 4.87. The molecule has 1 aromatic carbocycles. The highest BCUT2D eigenvalue weighted by Gasteiger charge is 2.18. The molecule has 2 N–H and O–H groups in total. The van der Waals surface area contributed by atoms with Crippen molar-refractivity contribution in [3.63, 3.8) is 0 Å². The van der Waals surface area contributed by atoms with E-state index in [-0.39, 0.29) is 12.3 Å². The zero-order valence-corrected chi connectivity index (χ0v) is 11.2. The van der Waals surface area contributed by atoms with Crippen LogP contribution in [0.15, 0.2) is 12.1 Å². The van der Waals surface area contributed by atoms with E-state index < -0.39 is 0 Å². The lowest BCUT2D eigenvalue weighted by molar-refractivity contribution is 0.0928. The second-order valence-electron chi connectivity index (χ2n) is 4.87. The third-order valence-electron chi connectivity index (χ3n) is 3.14. The molecule has 0 radical (unpaired) electrons. The van der Waals surface area contributed by atoms with Crippen molar-refractivity contribution in [3.05, 3.63) is 28.8 Å². The predicted octanol–water partition coefficient (Wildman–Crippen LogP) is 2.87. The van der Waals surface area contributed by atoms with Crippen molar-refractivity contribution in [3.8, 4) is 0 Å². The maximum atomic E-state index is 11.9. The molecule has 2 rings (SSSR count). The summed E-state index contributed by atoms with van der Waals surface area (Å²) < 4.78 is 5.37. The van der Waals surface area contributed by atoms with Crippen LogP contribution in [0.5, 0.6) is 0 Å². The van der Waals surface area contributed by atoms with Crippen LogP contribution in [0.4, 0.5) is 10.5 Å². The molecule has 0 aromatic heterocycles. The zero-order valence-electron chi connectivity index (χ0n) is 11.2. The molecular formula is C14H20N2O2. The van der Waals surface area contributed by atoms with Gasteiger partial charge in [0.25, 0.3) is 0 Å². The number of ether oxygens (including phenoxy) is 1. The largest absolute Gasteiger partial charge is 0.358 e. The maximum Gasteiger partial charge on any atom is 0.321 e. The number of carbonyl (C=O) groups excluding carboxylic acids is 1. The lowest BCUT2D eigenvalue weighted by atomic mass is 10.1. The van der Waals surface area contributed by atoms with Gasteiger partial charge >= 0.3 is 6.03 Å². The van der Waals surface area contributed by atoms with E-state index in [2.05, 4.69) is 29.7 Å². The van der Waals surface area contributed by atoms with Crippen LogP contribution in [0.25, 0.3) is 0 Å². The summed E-state index contributed by atoms with van der Waals surface area (Å²) in [4.78, 5) is 11.9. The molecule has 2 amide bonds. The Morgan fingerprint density at radius 3 is 2.50 bits per heavy atom. The summed E-state index contributed by atoms with van der Waals surface area (Å²) in [5, 5.41) is 5.73. The monoisotopic (exact) mass is 248 g/mol. The van der Waals surface area contributed by atoms with Crippen LogP contribution >= 0.6 is 0 Å². The number of amides is 2. The van der Waals surface area contributed by atoms with Crippen molar-refractivity contribution >= 4 is 11.7 Å². The van der Waals surface area contributed by atoms with Crippen molar-refractivity contribution < 1.29 is 9.53 Å². The van der Waals surface area contributed by atoms with E-state index in [1.165, 1.54) is 5.56 Å². The van der Waals surface area contributed by atoms with Crippen molar-refractivity contribution in [2.24, 2.45) is 0 Å². The summed E-state index contributed by atoms with van der Waals surface area (Å²) in [6.45, 7) is 6.78. The molecule has 18 heavy (non-hydrogen) atoms. The smallest absolute Gasteiger partial charge is 0.321 e. The van der Waals surface area contributed by atoms with E-state index in [0.29, 0.717) is 0 Å². The Hall–Kier alpha value is -1.55. The number of rotatable bonds is 2. The molecule has 0 spiro atoms. The molecular weight excluding hydrogens is 228 g/mol. The van der Waals surface area contributed by atoms with E-state index in [1.54, 1.807) is 0 Å². The summed E-state index contributed by atoms with van der Waals surface area (Å²) in [6.07, 6.45) is 1.75. The van der Waals surface area contributed by atoms with Crippen LogP contribution in [0.2, 0.25) is 0 Å². The van der Waals surface area contributed by atoms with Crippen LogP contribution in [0, 0.1) is 20.8 Å². The Bertz CT molecular complexity index is 428. The number of hydrogen-bond donors (Lipinski definition) is 2. The van der Waals surface area contributed by atoms with Gasteiger partial charge in [-0.05, 0) is 44.7 Å². The highest BCUT2D eigenvalue weighted by molar-refractivity contribution is 5.91. The minimum absolute atomic E-state index is 0.143. The first-order valence-electron chi connectivity index (χ1n) is 6.33. The molecule has 1 aliphatic heterocycles. The van der Waals surface area contributed by atoms with Crippen LogP contribution in [-0.2, 0) is 4.74 Å². The first-order valence-corrected chi connectivity index (χ1v) is 6.33. The molecule has 1 aliphatic rings. The Kier molecular flexibility index (Phi) is 3.87. The van der Waals surface area contributed by atoms with Crippen molar-refractivity contribution in [1.82, 2.24) is 5.32 Å². The molecule has 0 saturated carbocycles. The van der Waals surface area contributed by atoms with Crippen molar-refractivity contribution in [2.75, 3.05) is 11.9 Å². The fourth-order valence-electron chi connectivity index (χ4n) is 2.36. The van der Waals surface area contributed by atoms with Gasteiger partial charge in [0.1, 0.15) is 6.23 Å². The van der Waals surface area contributed by atoms with E-state index in [1.807, 2.05) is 13.8 Å². The number of carbonyl (C=O) groups is 1. The number of hydrogen-bond acceptors (Lipinski definition) is 2. The fraction of sp³-hybridized carbons (Fsp3) is 0.500. The summed E-state index contributed by atoms with van der Waals surface area (Å²) in [6, 6.07) is 3.93. The van der Waals surface area contributed by atoms with Gasteiger partial charge in [-0.25, -0.2) is 4.79 Å². The van der Waals surface area contributed by atoms with Gasteiger partial charge < -0.3 is 15.4 Å². The lowest BCUT2D eigenvalue weighted by Gasteiger charge is -2.16. The van der Waals surface area contributed by atoms with E-state index in [4.69, 9.17) is 4.74 Å². The molecule has 98 valence electrons. The molecule has 4 heteroatoms. The lowest BCUT2D eigenvalue weighted by Crippen LogP contribution is -2.37. The van der Waals surface area contributed by atoms with Gasteiger partial charge in [0.05, 0.1) is 0 Å². The fourth-order valence-corrected chi connectivity index (χ4v) is 2.36. The molecule has 1 fully saturated rings. The first kappa shape index (κ1) is 12.9. The van der Waals surface area contributed by atoms with Gasteiger partial charge in [-0.3, -0.25) is 0 Å². The van der Waals surface area contributed by atoms with E-state index >= 15 is 0 Å². The molecule has 0 bridgehead atoms. The average Bonchev–Trinajstić information content (AvgIpc) is 2.76. The SMILES string of the molecule is Cc1cc(C)c(NC(=O)NC2CCCO2)c(C)c1. The average molecular weight is 248 g/mol. The molecule has 0 aliphatic carbocycles. The minimum Gasteiger partial charge on any atom is -0.358 e. The van der Waals surface area contributed by atoms with Gasteiger partial charge in [-0.1, -0.05) is 17.7 Å². The van der Waals surface area contributed by atoms with Crippen LogP contribution in [0.1, 0.15) is 29.5 Å². The topological polar surface area (TPSA) is 50.4 Å². The number of urea groups is 1. The Balaban J connectivity index is 2.02. The highest BCUT2D eigenvalue weighted by Crippen LogP contribution is 2.21. The highest BCUT2D eigenvalue weighted by atomic mass is 16.5. The van der Waals surface area contributed by atoms with Crippen molar-refractivity contribution in [1.29, 1.82) is 0 Å². The molecule has 1 saturated heterocycles.